The van der Waals surface area contributed by atoms with Crippen LogP contribution in [0, 0.1) is 0 Å². The van der Waals surface area contributed by atoms with Crippen molar-refractivity contribution < 1.29 is 0 Å². The van der Waals surface area contributed by atoms with E-state index in [2.05, 4.69) is 41.9 Å². The summed E-state index contributed by atoms with van der Waals surface area (Å²) in [7, 11) is 0. The van der Waals surface area contributed by atoms with Gasteiger partial charge in [0, 0.05) is 17.3 Å². The number of rotatable bonds is 2. The Balaban J connectivity index is 2.42. The first kappa shape index (κ1) is 8.11. The first-order valence-electron chi connectivity index (χ1n) is 4.49. The summed E-state index contributed by atoms with van der Waals surface area (Å²) in [6.07, 6.45) is 13.4. The van der Waals surface area contributed by atoms with Crippen LogP contribution >= 0.6 is 0 Å². The number of nitrogens with one attached hydrogen (secondary N) is 1. The van der Waals surface area contributed by atoms with Gasteiger partial charge in [-0.2, -0.15) is 0 Å². The smallest absolute Gasteiger partial charge is 0.0498 e. The molecular formula is C12H13N. The molecule has 1 heterocycles. The molecule has 0 radical (unpaired) electrons. The first-order valence-corrected chi connectivity index (χ1v) is 4.49. The van der Waals surface area contributed by atoms with Crippen LogP contribution in [0.2, 0.25) is 0 Å². The molecule has 1 nitrogen and oxygen atoms in total. The summed E-state index contributed by atoms with van der Waals surface area (Å²) in [5.41, 5.74) is 1.20. The number of H-pyrrole nitrogens is 1. The molecule has 0 aliphatic heterocycles. The maximum Gasteiger partial charge on any atom is 0.0498 e. The lowest BCUT2D eigenvalue weighted by molar-refractivity contribution is 0.656. The highest BCUT2D eigenvalue weighted by atomic mass is 14.7. The second kappa shape index (κ2) is 3.09. The van der Waals surface area contributed by atoms with Gasteiger partial charge in [0.1, 0.15) is 0 Å². The van der Waals surface area contributed by atoms with E-state index in [1.807, 2.05) is 18.3 Å². The Hall–Kier alpha value is -1.50. The summed E-state index contributed by atoms with van der Waals surface area (Å²) in [5, 5.41) is 0. The number of aromatic nitrogens is 1. The van der Waals surface area contributed by atoms with E-state index in [1.165, 1.54) is 5.69 Å². The molecule has 0 aromatic carbocycles. The van der Waals surface area contributed by atoms with E-state index in [-0.39, 0.29) is 5.41 Å². The van der Waals surface area contributed by atoms with Gasteiger partial charge in [-0.1, -0.05) is 30.4 Å². The topological polar surface area (TPSA) is 15.8 Å². The van der Waals surface area contributed by atoms with Gasteiger partial charge in [0.15, 0.2) is 0 Å². The van der Waals surface area contributed by atoms with Crippen molar-refractivity contribution in [3.05, 3.63) is 61.0 Å². The maximum atomic E-state index is 3.91. The fourth-order valence-corrected chi connectivity index (χ4v) is 1.72. The predicted octanol–water partition coefficient (Wildman–Crippen LogP) is 2.95. The third-order valence-electron chi connectivity index (χ3n) is 2.56. The van der Waals surface area contributed by atoms with Gasteiger partial charge in [-0.25, -0.2) is 0 Å². The molecule has 1 aromatic rings. The molecule has 1 heteroatoms. The number of aromatic amines is 1. The van der Waals surface area contributed by atoms with Crippen molar-refractivity contribution in [2.75, 3.05) is 0 Å². The molecule has 0 saturated heterocycles. The van der Waals surface area contributed by atoms with Crippen LogP contribution in [0.3, 0.4) is 0 Å². The molecule has 13 heavy (non-hydrogen) atoms. The van der Waals surface area contributed by atoms with Gasteiger partial charge in [-0.15, -0.1) is 6.58 Å². The van der Waals surface area contributed by atoms with Gasteiger partial charge in [0.2, 0.25) is 0 Å². The summed E-state index contributed by atoms with van der Waals surface area (Å²) in [6, 6.07) is 4.12. The summed E-state index contributed by atoms with van der Waals surface area (Å²) >= 11 is 0. The van der Waals surface area contributed by atoms with E-state index in [1.54, 1.807) is 0 Å². The van der Waals surface area contributed by atoms with Crippen molar-refractivity contribution in [3.8, 4) is 0 Å². The van der Waals surface area contributed by atoms with Crippen LogP contribution in [0.25, 0.3) is 0 Å². The van der Waals surface area contributed by atoms with Gasteiger partial charge in [-0.05, 0) is 18.6 Å². The predicted molar refractivity (Wildman–Crippen MR) is 55.6 cm³/mol. The normalized spacial score (nSPS) is 26.2. The fraction of sp³-hybridized carbons (Fsp3) is 0.167. The van der Waals surface area contributed by atoms with Gasteiger partial charge in [0.25, 0.3) is 0 Å². The highest BCUT2D eigenvalue weighted by molar-refractivity contribution is 5.36. The Bertz CT molecular complexity index is 343. The van der Waals surface area contributed by atoms with E-state index in [9.17, 15) is 0 Å². The number of hydrogen-bond donors (Lipinski definition) is 1. The third kappa shape index (κ3) is 1.26. The molecule has 0 fully saturated rings. The summed E-state index contributed by atoms with van der Waals surface area (Å²) in [5.74, 6) is 0. The Morgan fingerprint density at radius 1 is 1.46 bits per heavy atom. The van der Waals surface area contributed by atoms with E-state index >= 15 is 0 Å². The Labute approximate surface area is 78.5 Å². The molecule has 0 saturated carbocycles. The van der Waals surface area contributed by atoms with Crippen LogP contribution in [-0.2, 0) is 5.41 Å². The van der Waals surface area contributed by atoms with Gasteiger partial charge in [0.05, 0.1) is 0 Å². The van der Waals surface area contributed by atoms with Crippen molar-refractivity contribution in [1.29, 1.82) is 0 Å². The lowest BCUT2D eigenvalue weighted by atomic mass is 9.79. The fourth-order valence-electron chi connectivity index (χ4n) is 1.72. The summed E-state index contributed by atoms with van der Waals surface area (Å²) in [4.78, 5) is 3.24. The molecule has 1 aliphatic rings. The molecule has 1 aromatic heterocycles. The van der Waals surface area contributed by atoms with E-state index in [0.717, 1.165) is 6.42 Å². The largest absolute Gasteiger partial charge is 0.364 e. The highest BCUT2D eigenvalue weighted by Gasteiger charge is 2.26. The molecule has 0 unspecified atom stereocenters. The van der Waals surface area contributed by atoms with E-state index < -0.39 is 0 Å². The average Bonchev–Trinajstić information content (AvgIpc) is 2.72. The van der Waals surface area contributed by atoms with Crippen LogP contribution in [0.15, 0.2) is 55.3 Å². The second-order valence-corrected chi connectivity index (χ2v) is 3.32. The molecule has 0 amide bonds. The summed E-state index contributed by atoms with van der Waals surface area (Å²) < 4.78 is 0. The molecular weight excluding hydrogens is 158 g/mol. The average molecular weight is 171 g/mol. The van der Waals surface area contributed by atoms with Crippen LogP contribution in [0.5, 0.6) is 0 Å². The van der Waals surface area contributed by atoms with E-state index in [0.29, 0.717) is 0 Å². The number of allylic oxidation sites excluding steroid dienone is 5. The zero-order valence-corrected chi connectivity index (χ0v) is 7.53. The van der Waals surface area contributed by atoms with Crippen molar-refractivity contribution >= 4 is 0 Å². The maximum absolute atomic E-state index is 3.91. The monoisotopic (exact) mass is 171 g/mol. The van der Waals surface area contributed by atoms with Crippen LogP contribution in [0.1, 0.15) is 12.1 Å². The molecule has 0 spiro atoms. The van der Waals surface area contributed by atoms with Crippen molar-refractivity contribution in [2.45, 2.75) is 11.8 Å². The molecule has 66 valence electrons. The standard InChI is InChI=1S/C12H13N/c1-2-12(8-4-3-5-9-12)11-7-6-10-13-11/h2-8,10,13H,1,9H2/t12-/m1/s1. The Morgan fingerprint density at radius 2 is 2.38 bits per heavy atom. The lowest BCUT2D eigenvalue weighted by Crippen LogP contribution is -2.21. The van der Waals surface area contributed by atoms with E-state index in [4.69, 9.17) is 0 Å². The Morgan fingerprint density at radius 3 is 2.92 bits per heavy atom. The second-order valence-electron chi connectivity index (χ2n) is 3.32. The van der Waals surface area contributed by atoms with Gasteiger partial charge in [-0.3, -0.25) is 0 Å². The van der Waals surface area contributed by atoms with Crippen molar-refractivity contribution in [3.63, 3.8) is 0 Å². The first-order chi connectivity index (χ1) is 6.37. The Kier molecular flexibility index (Phi) is 1.93. The molecule has 1 atom stereocenters. The van der Waals surface area contributed by atoms with Gasteiger partial charge < -0.3 is 4.98 Å². The number of hydrogen-bond acceptors (Lipinski definition) is 0. The zero-order valence-electron chi connectivity index (χ0n) is 7.53. The highest BCUT2D eigenvalue weighted by Crippen LogP contribution is 2.32. The molecule has 2 rings (SSSR count). The van der Waals surface area contributed by atoms with Crippen LogP contribution in [0.4, 0.5) is 0 Å². The van der Waals surface area contributed by atoms with Crippen molar-refractivity contribution in [1.82, 2.24) is 4.98 Å². The summed E-state index contributed by atoms with van der Waals surface area (Å²) in [6.45, 7) is 3.91. The van der Waals surface area contributed by atoms with Crippen LogP contribution < -0.4 is 0 Å². The van der Waals surface area contributed by atoms with Crippen LogP contribution in [-0.4, -0.2) is 4.98 Å². The minimum absolute atomic E-state index is 0.0156. The molecule has 0 bridgehead atoms. The van der Waals surface area contributed by atoms with Gasteiger partial charge >= 0.3 is 0 Å². The molecule has 1 aliphatic carbocycles. The minimum Gasteiger partial charge on any atom is -0.364 e. The minimum atomic E-state index is -0.0156. The third-order valence-corrected chi connectivity index (χ3v) is 2.56. The molecule has 1 N–H and O–H groups in total. The zero-order chi connectivity index (χ0) is 9.15. The lowest BCUT2D eigenvalue weighted by Gasteiger charge is -2.26. The quantitative estimate of drug-likeness (QED) is 0.658. The SMILES string of the molecule is C=C[C@@]1(c2ccc[nH]2)C=CC=CC1. The van der Waals surface area contributed by atoms with Crippen molar-refractivity contribution in [2.24, 2.45) is 0 Å².